The monoisotopic (exact) mass is 275 g/mol. The lowest BCUT2D eigenvalue weighted by molar-refractivity contribution is 0.415. The summed E-state index contributed by atoms with van der Waals surface area (Å²) in [6.07, 6.45) is 2.91. The van der Waals surface area contributed by atoms with Crippen molar-refractivity contribution in [2.45, 2.75) is 18.8 Å². The molecule has 0 amide bonds. The van der Waals surface area contributed by atoms with Gasteiger partial charge in [-0.15, -0.1) is 0 Å². The fourth-order valence-corrected chi connectivity index (χ4v) is 3.05. The van der Waals surface area contributed by atoms with Crippen LogP contribution in [0.5, 0.6) is 5.75 Å². The van der Waals surface area contributed by atoms with Crippen molar-refractivity contribution in [3.05, 3.63) is 65.2 Å². The van der Waals surface area contributed by atoms with E-state index in [1.807, 2.05) is 36.4 Å². The largest absolute Gasteiger partial charge is 0.497 e. The zero-order valence-electron chi connectivity index (χ0n) is 12.3. The van der Waals surface area contributed by atoms with Gasteiger partial charge >= 0.3 is 0 Å². The maximum absolute atomic E-state index is 9.70. The van der Waals surface area contributed by atoms with E-state index in [-0.39, 0.29) is 0 Å². The lowest BCUT2D eigenvalue weighted by Crippen LogP contribution is -2.35. The third-order valence-electron chi connectivity index (χ3n) is 4.28. The lowest BCUT2D eigenvalue weighted by atomic mass is 9.59. The third-order valence-corrected chi connectivity index (χ3v) is 4.28. The second-order valence-electron chi connectivity index (χ2n) is 5.25. The van der Waals surface area contributed by atoms with E-state index in [9.17, 15) is 5.26 Å². The number of hydrogen-bond acceptors (Lipinski definition) is 2. The van der Waals surface area contributed by atoms with Crippen molar-refractivity contribution in [2.75, 3.05) is 7.11 Å². The average Bonchev–Trinajstić information content (AvgIpc) is 2.55. The molecule has 2 nitrogen and oxygen atoms in total. The second kappa shape index (κ2) is 5.10. The third kappa shape index (κ3) is 1.94. The van der Waals surface area contributed by atoms with Crippen molar-refractivity contribution < 1.29 is 4.74 Å². The van der Waals surface area contributed by atoms with E-state index in [4.69, 9.17) is 4.74 Å². The summed E-state index contributed by atoms with van der Waals surface area (Å²) in [5.41, 5.74) is 4.09. The van der Waals surface area contributed by atoms with Crippen LogP contribution in [-0.2, 0) is 5.41 Å². The molecular formula is C19H17NO. The Balaban J connectivity index is 2.08. The van der Waals surface area contributed by atoms with Gasteiger partial charge in [-0.2, -0.15) is 5.26 Å². The van der Waals surface area contributed by atoms with E-state index in [1.54, 1.807) is 7.11 Å². The van der Waals surface area contributed by atoms with Crippen LogP contribution in [0.4, 0.5) is 0 Å². The van der Waals surface area contributed by atoms with E-state index < -0.39 is 5.41 Å². The Morgan fingerprint density at radius 2 is 1.86 bits per heavy atom. The molecule has 0 aliphatic heterocycles. The van der Waals surface area contributed by atoms with Crippen molar-refractivity contribution >= 4 is 11.6 Å². The van der Waals surface area contributed by atoms with E-state index in [0.717, 1.165) is 28.9 Å². The first kappa shape index (κ1) is 13.5. The Morgan fingerprint density at radius 3 is 2.48 bits per heavy atom. The predicted molar refractivity (Wildman–Crippen MR) is 84.9 cm³/mol. The van der Waals surface area contributed by atoms with Gasteiger partial charge in [0.1, 0.15) is 11.2 Å². The normalized spacial score (nSPS) is 21.3. The summed E-state index contributed by atoms with van der Waals surface area (Å²) in [5.74, 6) is 0.841. The van der Waals surface area contributed by atoms with E-state index >= 15 is 0 Å². The molecule has 2 heteroatoms. The first-order valence-corrected chi connectivity index (χ1v) is 7.12. The summed E-state index contributed by atoms with van der Waals surface area (Å²) in [7, 11) is 1.66. The molecule has 1 aliphatic carbocycles. The number of ether oxygens (including phenoxy) is 1. The van der Waals surface area contributed by atoms with Gasteiger partial charge in [0.25, 0.3) is 0 Å². The molecule has 0 heterocycles. The fraction of sp³-hybridized carbons (Fsp3) is 0.211. The molecule has 0 saturated carbocycles. The van der Waals surface area contributed by atoms with Gasteiger partial charge in [0.05, 0.1) is 13.2 Å². The minimum absolute atomic E-state index is 0.462. The number of nitrogens with zero attached hydrogens (tertiary/aromatic N) is 1. The van der Waals surface area contributed by atoms with Gasteiger partial charge in [-0.25, -0.2) is 0 Å². The molecule has 0 saturated heterocycles. The zero-order valence-corrected chi connectivity index (χ0v) is 12.3. The topological polar surface area (TPSA) is 33.0 Å². The molecule has 3 rings (SSSR count). The van der Waals surface area contributed by atoms with Crippen molar-refractivity contribution in [1.82, 2.24) is 0 Å². The quantitative estimate of drug-likeness (QED) is 0.830. The average molecular weight is 275 g/mol. The molecule has 0 bridgehead atoms. The number of benzene rings is 2. The minimum atomic E-state index is -0.462. The molecule has 0 aromatic heterocycles. The van der Waals surface area contributed by atoms with E-state index in [0.29, 0.717) is 0 Å². The number of allylic oxidation sites excluding steroid dienone is 1. The zero-order chi connectivity index (χ0) is 14.9. The van der Waals surface area contributed by atoms with Gasteiger partial charge in [-0.1, -0.05) is 43.3 Å². The molecule has 1 aliphatic rings. The molecule has 2 aromatic carbocycles. The van der Waals surface area contributed by atoms with Crippen LogP contribution in [0.25, 0.3) is 11.6 Å². The number of nitriles is 1. The molecule has 2 aromatic rings. The van der Waals surface area contributed by atoms with Gasteiger partial charge in [-0.05, 0) is 46.9 Å². The highest BCUT2D eigenvalue weighted by Crippen LogP contribution is 2.53. The van der Waals surface area contributed by atoms with Crippen molar-refractivity contribution in [3.63, 3.8) is 0 Å². The highest BCUT2D eigenvalue weighted by atomic mass is 16.5. The van der Waals surface area contributed by atoms with Crippen LogP contribution in [0.2, 0.25) is 0 Å². The van der Waals surface area contributed by atoms with Crippen LogP contribution in [0.15, 0.2) is 48.5 Å². The molecule has 0 spiro atoms. The summed E-state index contributed by atoms with van der Waals surface area (Å²) < 4.78 is 5.18. The van der Waals surface area contributed by atoms with Crippen LogP contribution in [-0.4, -0.2) is 7.11 Å². The van der Waals surface area contributed by atoms with Gasteiger partial charge in [0.2, 0.25) is 0 Å². The molecule has 21 heavy (non-hydrogen) atoms. The number of rotatable bonds is 3. The number of methoxy groups -OCH3 is 1. The first-order chi connectivity index (χ1) is 10.2. The Morgan fingerprint density at radius 1 is 1.14 bits per heavy atom. The van der Waals surface area contributed by atoms with Crippen molar-refractivity contribution in [2.24, 2.45) is 0 Å². The standard InChI is InChI=1S/C19H17NO/c1-3-19(13-20)17-7-5-4-6-16(17)18(19)12-14-8-10-15(21-2)11-9-14/h4-12H,3H2,1-2H3/b18-12+. The van der Waals surface area contributed by atoms with E-state index in [2.05, 4.69) is 31.2 Å². The van der Waals surface area contributed by atoms with Crippen LogP contribution >= 0.6 is 0 Å². The minimum Gasteiger partial charge on any atom is -0.497 e. The highest BCUT2D eigenvalue weighted by Gasteiger charge is 2.46. The predicted octanol–water partition coefficient (Wildman–Crippen LogP) is 4.42. The Bertz CT molecular complexity index is 737. The maximum Gasteiger partial charge on any atom is 0.118 e. The van der Waals surface area contributed by atoms with Crippen LogP contribution in [0.3, 0.4) is 0 Å². The molecule has 0 N–H and O–H groups in total. The molecule has 104 valence electrons. The molecule has 0 radical (unpaired) electrons. The number of hydrogen-bond donors (Lipinski definition) is 0. The van der Waals surface area contributed by atoms with Crippen LogP contribution < -0.4 is 4.74 Å². The summed E-state index contributed by atoms with van der Waals surface area (Å²) in [4.78, 5) is 0. The van der Waals surface area contributed by atoms with Crippen LogP contribution in [0, 0.1) is 11.3 Å². The SMILES string of the molecule is CCC1(C#N)/C(=C/c2ccc(OC)cc2)c2ccccc21. The van der Waals surface area contributed by atoms with Gasteiger partial charge in [0, 0.05) is 0 Å². The smallest absolute Gasteiger partial charge is 0.118 e. The summed E-state index contributed by atoms with van der Waals surface area (Å²) in [5, 5.41) is 9.70. The Labute approximate surface area is 125 Å². The molecule has 1 atom stereocenters. The number of fused-ring (bicyclic) bond motifs is 1. The Kier molecular flexibility index (Phi) is 3.27. The van der Waals surface area contributed by atoms with Gasteiger partial charge in [-0.3, -0.25) is 0 Å². The van der Waals surface area contributed by atoms with Crippen molar-refractivity contribution in [1.29, 1.82) is 5.26 Å². The van der Waals surface area contributed by atoms with Crippen molar-refractivity contribution in [3.8, 4) is 11.8 Å². The summed E-state index contributed by atoms with van der Waals surface area (Å²) in [6.45, 7) is 2.07. The maximum atomic E-state index is 9.70. The second-order valence-corrected chi connectivity index (χ2v) is 5.25. The molecule has 1 unspecified atom stereocenters. The lowest BCUT2D eigenvalue weighted by Gasteiger charge is -2.41. The van der Waals surface area contributed by atoms with Gasteiger partial charge < -0.3 is 4.74 Å². The summed E-state index contributed by atoms with van der Waals surface area (Å²) in [6, 6.07) is 18.6. The summed E-state index contributed by atoms with van der Waals surface area (Å²) >= 11 is 0. The fourth-order valence-electron chi connectivity index (χ4n) is 3.05. The Hall–Kier alpha value is -2.53. The van der Waals surface area contributed by atoms with Crippen LogP contribution in [0.1, 0.15) is 30.0 Å². The first-order valence-electron chi connectivity index (χ1n) is 7.12. The van der Waals surface area contributed by atoms with Gasteiger partial charge in [0.15, 0.2) is 0 Å². The molecular weight excluding hydrogens is 258 g/mol. The molecule has 0 fully saturated rings. The van der Waals surface area contributed by atoms with E-state index in [1.165, 1.54) is 5.56 Å². The highest BCUT2D eigenvalue weighted by molar-refractivity contribution is 5.99.